The number of nitro groups is 1. The minimum atomic E-state index is -0.521. The molecule has 0 atom stereocenters. The van der Waals surface area contributed by atoms with Gasteiger partial charge in [-0.2, -0.15) is 5.26 Å². The number of aromatic nitrogens is 1. The highest BCUT2D eigenvalue weighted by atomic mass is 16.6. The van der Waals surface area contributed by atoms with E-state index in [2.05, 4.69) is 10.3 Å². The van der Waals surface area contributed by atoms with Crippen LogP contribution in [0.25, 0.3) is 0 Å². The second kappa shape index (κ2) is 4.78. The van der Waals surface area contributed by atoms with Gasteiger partial charge in [-0.15, -0.1) is 0 Å². The number of hydrogen-bond acceptors (Lipinski definition) is 5. The van der Waals surface area contributed by atoms with Crippen molar-refractivity contribution in [2.75, 3.05) is 11.9 Å². The van der Waals surface area contributed by atoms with Crippen molar-refractivity contribution in [1.82, 2.24) is 4.98 Å². The summed E-state index contributed by atoms with van der Waals surface area (Å²) in [6, 6.07) is 3.08. The van der Waals surface area contributed by atoms with E-state index >= 15 is 0 Å². The summed E-state index contributed by atoms with van der Waals surface area (Å²) in [6.07, 6.45) is 4.86. The number of nitrogens with zero attached hydrogens (tertiary/aromatic N) is 3. The maximum Gasteiger partial charge on any atom is 0.312 e. The molecule has 1 heterocycles. The van der Waals surface area contributed by atoms with Crippen LogP contribution in [0.3, 0.4) is 0 Å². The molecule has 88 valence electrons. The van der Waals surface area contributed by atoms with Gasteiger partial charge in [0.05, 0.1) is 10.5 Å². The summed E-state index contributed by atoms with van der Waals surface area (Å²) in [5.41, 5.74) is 0.0595. The fourth-order valence-electron chi connectivity index (χ4n) is 1.59. The van der Waals surface area contributed by atoms with Gasteiger partial charge in [-0.25, -0.2) is 4.98 Å². The zero-order valence-electron chi connectivity index (χ0n) is 9.22. The van der Waals surface area contributed by atoms with E-state index in [1.807, 2.05) is 6.07 Å². The summed E-state index contributed by atoms with van der Waals surface area (Å²) in [6.45, 7) is 0.685. The third-order valence-corrected chi connectivity index (χ3v) is 2.74. The van der Waals surface area contributed by atoms with Crippen LogP contribution in [0.4, 0.5) is 11.5 Å². The van der Waals surface area contributed by atoms with Crippen molar-refractivity contribution in [1.29, 1.82) is 5.26 Å². The number of pyridine rings is 1. The van der Waals surface area contributed by atoms with Gasteiger partial charge in [0, 0.05) is 18.8 Å². The third kappa shape index (κ3) is 2.91. The Morgan fingerprint density at radius 3 is 3.00 bits per heavy atom. The maximum atomic E-state index is 10.8. The second-order valence-corrected chi connectivity index (χ2v) is 4.12. The first-order valence-corrected chi connectivity index (χ1v) is 5.49. The molecular weight excluding hydrogens is 220 g/mol. The molecule has 1 aliphatic carbocycles. The van der Waals surface area contributed by atoms with Crippen LogP contribution in [-0.2, 0) is 0 Å². The molecule has 0 amide bonds. The number of rotatable bonds is 5. The lowest BCUT2D eigenvalue weighted by atomic mass is 10.2. The summed E-state index contributed by atoms with van der Waals surface area (Å²) in [4.78, 5) is 14.2. The molecule has 1 fully saturated rings. The molecule has 6 nitrogen and oxygen atoms in total. The van der Waals surface area contributed by atoms with Gasteiger partial charge in [0.2, 0.25) is 5.82 Å². The molecule has 0 radical (unpaired) electrons. The van der Waals surface area contributed by atoms with Crippen LogP contribution < -0.4 is 5.32 Å². The minimum Gasteiger partial charge on any atom is -0.364 e. The van der Waals surface area contributed by atoms with E-state index < -0.39 is 4.92 Å². The van der Waals surface area contributed by atoms with Crippen molar-refractivity contribution < 1.29 is 4.92 Å². The van der Waals surface area contributed by atoms with Crippen molar-refractivity contribution in [2.45, 2.75) is 19.3 Å². The van der Waals surface area contributed by atoms with Crippen molar-refractivity contribution >= 4 is 11.5 Å². The van der Waals surface area contributed by atoms with E-state index in [4.69, 9.17) is 5.26 Å². The lowest BCUT2D eigenvalue weighted by Crippen LogP contribution is -2.07. The second-order valence-electron chi connectivity index (χ2n) is 4.12. The Bertz CT molecular complexity index is 477. The number of nitriles is 1. The average Bonchev–Trinajstić information content (AvgIpc) is 3.13. The largest absolute Gasteiger partial charge is 0.364 e. The number of anilines is 1. The lowest BCUT2D eigenvalue weighted by Gasteiger charge is -2.05. The van der Waals surface area contributed by atoms with Crippen molar-refractivity contribution in [3.8, 4) is 6.07 Å². The van der Waals surface area contributed by atoms with Crippen LogP contribution in [0.1, 0.15) is 24.8 Å². The molecule has 6 heteroatoms. The highest BCUT2D eigenvalue weighted by molar-refractivity contribution is 5.58. The highest BCUT2D eigenvalue weighted by Gasteiger charge is 2.21. The molecule has 1 aromatic rings. The molecule has 2 rings (SSSR count). The molecule has 0 spiro atoms. The Hall–Kier alpha value is -2.16. The molecule has 1 N–H and O–H groups in total. The van der Waals surface area contributed by atoms with E-state index in [1.165, 1.54) is 25.1 Å². The molecule has 0 aliphatic heterocycles. The Morgan fingerprint density at radius 1 is 1.65 bits per heavy atom. The van der Waals surface area contributed by atoms with Gasteiger partial charge in [-0.1, -0.05) is 12.8 Å². The van der Waals surface area contributed by atoms with Crippen molar-refractivity contribution in [3.63, 3.8) is 0 Å². The smallest absolute Gasteiger partial charge is 0.312 e. The zero-order chi connectivity index (χ0) is 12.3. The minimum absolute atomic E-state index is 0.139. The van der Waals surface area contributed by atoms with Crippen molar-refractivity contribution in [3.05, 3.63) is 27.9 Å². The SMILES string of the molecule is N#Cc1cnc(NCCC2CC2)c([N+](=O)[O-])c1. The molecule has 17 heavy (non-hydrogen) atoms. The summed E-state index contributed by atoms with van der Waals surface area (Å²) >= 11 is 0. The normalized spacial score (nSPS) is 14.1. The van der Waals surface area contributed by atoms with E-state index in [9.17, 15) is 10.1 Å². The van der Waals surface area contributed by atoms with E-state index in [1.54, 1.807) is 0 Å². The van der Waals surface area contributed by atoms with Crippen LogP contribution in [0.2, 0.25) is 0 Å². The molecule has 1 aromatic heterocycles. The van der Waals surface area contributed by atoms with Gasteiger partial charge in [0.25, 0.3) is 0 Å². The summed E-state index contributed by atoms with van der Waals surface area (Å²) in [5.74, 6) is 1.01. The van der Waals surface area contributed by atoms with Gasteiger partial charge in [0.1, 0.15) is 6.07 Å². The zero-order valence-corrected chi connectivity index (χ0v) is 9.22. The van der Waals surface area contributed by atoms with Crippen LogP contribution >= 0.6 is 0 Å². The topological polar surface area (TPSA) is 91.8 Å². The molecule has 1 aliphatic rings. The van der Waals surface area contributed by atoms with Gasteiger partial charge >= 0.3 is 5.69 Å². The number of hydrogen-bond donors (Lipinski definition) is 1. The first kappa shape index (κ1) is 11.3. The van der Waals surface area contributed by atoms with Crippen LogP contribution in [0.15, 0.2) is 12.3 Å². The fourth-order valence-corrected chi connectivity index (χ4v) is 1.59. The predicted molar refractivity (Wildman–Crippen MR) is 61.4 cm³/mol. The molecule has 0 bridgehead atoms. The van der Waals surface area contributed by atoms with Gasteiger partial charge in [-0.3, -0.25) is 10.1 Å². The Labute approximate surface area is 98.4 Å². The monoisotopic (exact) mass is 232 g/mol. The standard InChI is InChI=1S/C11H12N4O2/c12-6-9-5-10(15(16)17)11(14-7-9)13-4-3-8-1-2-8/h5,7-8H,1-4H2,(H,13,14). The van der Waals surface area contributed by atoms with Gasteiger partial charge < -0.3 is 5.32 Å². The Balaban J connectivity index is 2.08. The molecule has 0 aromatic carbocycles. The van der Waals surface area contributed by atoms with Crippen molar-refractivity contribution in [2.24, 2.45) is 5.92 Å². The number of nitrogens with one attached hydrogen (secondary N) is 1. The van der Waals surface area contributed by atoms with E-state index in [0.29, 0.717) is 6.54 Å². The van der Waals surface area contributed by atoms with Crippen LogP contribution in [-0.4, -0.2) is 16.5 Å². The third-order valence-electron chi connectivity index (χ3n) is 2.74. The Morgan fingerprint density at radius 2 is 2.41 bits per heavy atom. The van der Waals surface area contributed by atoms with Crippen LogP contribution in [0.5, 0.6) is 0 Å². The molecule has 0 unspecified atom stereocenters. The average molecular weight is 232 g/mol. The first-order chi connectivity index (χ1) is 8.20. The fraction of sp³-hybridized carbons (Fsp3) is 0.455. The highest BCUT2D eigenvalue weighted by Crippen LogP contribution is 2.32. The molecular formula is C11H12N4O2. The Kier molecular flexibility index (Phi) is 3.19. The van der Waals surface area contributed by atoms with E-state index in [0.717, 1.165) is 12.3 Å². The lowest BCUT2D eigenvalue weighted by molar-refractivity contribution is -0.384. The van der Waals surface area contributed by atoms with E-state index in [-0.39, 0.29) is 17.1 Å². The summed E-state index contributed by atoms with van der Waals surface area (Å²) in [7, 11) is 0. The summed E-state index contributed by atoms with van der Waals surface area (Å²) in [5, 5.41) is 22.4. The molecule has 1 saturated carbocycles. The first-order valence-electron chi connectivity index (χ1n) is 5.49. The molecule has 0 saturated heterocycles. The van der Waals surface area contributed by atoms with Crippen LogP contribution in [0, 0.1) is 27.4 Å². The predicted octanol–water partition coefficient (Wildman–Crippen LogP) is 2.07. The van der Waals surface area contributed by atoms with Gasteiger partial charge in [0.15, 0.2) is 0 Å². The van der Waals surface area contributed by atoms with Gasteiger partial charge in [-0.05, 0) is 12.3 Å². The summed E-state index contributed by atoms with van der Waals surface area (Å²) < 4.78 is 0. The quantitative estimate of drug-likeness (QED) is 0.619. The maximum absolute atomic E-state index is 10.8.